The summed E-state index contributed by atoms with van der Waals surface area (Å²) >= 11 is 0. The minimum absolute atomic E-state index is 0.0556. The molecule has 1 atom stereocenters. The van der Waals surface area contributed by atoms with Gasteiger partial charge in [-0.1, -0.05) is 30.3 Å². The molecule has 1 N–H and O–H groups in total. The molecule has 1 fully saturated rings. The average molecular weight is 418 g/mol. The van der Waals surface area contributed by atoms with Gasteiger partial charge in [0.05, 0.1) is 0 Å². The smallest absolute Gasteiger partial charge is 0.406 e. The van der Waals surface area contributed by atoms with Crippen molar-refractivity contribution in [2.24, 2.45) is 5.41 Å². The second kappa shape index (κ2) is 7.75. The SMILES string of the molecule is O=C1CCc2cc(OC(=O)C3(C(F)(F)F)CCN(Cc4ccccc4)C3)ccc2N1. The number of anilines is 1. The molecule has 8 heteroatoms. The third-order valence-electron chi connectivity index (χ3n) is 5.71. The van der Waals surface area contributed by atoms with Crippen LogP contribution in [-0.4, -0.2) is 36.0 Å². The van der Waals surface area contributed by atoms with Crippen molar-refractivity contribution in [1.29, 1.82) is 0 Å². The van der Waals surface area contributed by atoms with E-state index in [1.54, 1.807) is 11.0 Å². The second-order valence-corrected chi connectivity index (χ2v) is 7.78. The molecule has 2 aromatic rings. The summed E-state index contributed by atoms with van der Waals surface area (Å²) in [6.45, 7) is 0.0510. The van der Waals surface area contributed by atoms with Gasteiger partial charge in [-0.25, -0.2) is 0 Å². The van der Waals surface area contributed by atoms with Crippen LogP contribution in [0.15, 0.2) is 48.5 Å². The standard InChI is InChI=1S/C22H21F3N2O3/c23-22(24,25)21(10-11-27(14-21)13-15-4-2-1-3-5-15)20(29)30-17-7-8-18-16(12-17)6-9-19(28)26-18/h1-5,7-8,12H,6,9-11,13-14H2,(H,26,28). The van der Waals surface area contributed by atoms with Gasteiger partial charge < -0.3 is 10.1 Å². The van der Waals surface area contributed by atoms with E-state index in [-0.39, 0.29) is 31.0 Å². The molecule has 2 aromatic carbocycles. The van der Waals surface area contributed by atoms with Gasteiger partial charge in [-0.3, -0.25) is 14.5 Å². The van der Waals surface area contributed by atoms with E-state index in [2.05, 4.69) is 5.32 Å². The number of nitrogens with zero attached hydrogens (tertiary/aromatic N) is 1. The van der Waals surface area contributed by atoms with Gasteiger partial charge in [-0.05, 0) is 42.2 Å². The van der Waals surface area contributed by atoms with Crippen LogP contribution < -0.4 is 10.1 Å². The Labute approximate surface area is 171 Å². The zero-order valence-corrected chi connectivity index (χ0v) is 16.2. The van der Waals surface area contributed by atoms with Crippen molar-refractivity contribution in [2.75, 3.05) is 18.4 Å². The lowest BCUT2D eigenvalue weighted by Crippen LogP contribution is -2.49. The first kappa shape index (κ1) is 20.4. The molecule has 2 heterocycles. The van der Waals surface area contributed by atoms with Crippen LogP contribution >= 0.6 is 0 Å². The van der Waals surface area contributed by atoms with E-state index in [1.165, 1.54) is 12.1 Å². The summed E-state index contributed by atoms with van der Waals surface area (Å²) in [6, 6.07) is 13.7. The molecule has 0 bridgehead atoms. The molecule has 0 saturated carbocycles. The zero-order chi connectivity index (χ0) is 21.4. The van der Waals surface area contributed by atoms with Gasteiger partial charge in [0, 0.05) is 31.7 Å². The quantitative estimate of drug-likeness (QED) is 0.604. The number of hydrogen-bond donors (Lipinski definition) is 1. The van der Waals surface area contributed by atoms with Crippen LogP contribution in [0.25, 0.3) is 0 Å². The lowest BCUT2D eigenvalue weighted by molar-refractivity contribution is -0.226. The van der Waals surface area contributed by atoms with E-state index in [0.717, 1.165) is 11.1 Å². The highest BCUT2D eigenvalue weighted by Crippen LogP contribution is 2.47. The Hall–Kier alpha value is -2.87. The number of fused-ring (bicyclic) bond motifs is 1. The number of amides is 1. The number of carbonyl (C=O) groups excluding carboxylic acids is 2. The van der Waals surface area contributed by atoms with Gasteiger partial charge in [0.15, 0.2) is 5.41 Å². The van der Waals surface area contributed by atoms with Gasteiger partial charge in [-0.2, -0.15) is 13.2 Å². The molecule has 0 aromatic heterocycles. The topological polar surface area (TPSA) is 58.6 Å². The molecule has 2 aliphatic rings. The molecule has 1 amide bonds. The summed E-state index contributed by atoms with van der Waals surface area (Å²) in [4.78, 5) is 25.8. The molecule has 158 valence electrons. The largest absolute Gasteiger partial charge is 0.426 e. The lowest BCUT2D eigenvalue weighted by Gasteiger charge is -2.29. The number of halogens is 3. The highest BCUT2D eigenvalue weighted by Gasteiger charge is 2.64. The number of nitrogens with one attached hydrogen (secondary N) is 1. The van der Waals surface area contributed by atoms with Gasteiger partial charge in [-0.15, -0.1) is 0 Å². The van der Waals surface area contributed by atoms with E-state index < -0.39 is 24.1 Å². The Balaban J connectivity index is 1.52. The van der Waals surface area contributed by atoms with Crippen molar-refractivity contribution in [3.05, 3.63) is 59.7 Å². The molecule has 1 unspecified atom stereocenters. The first-order chi connectivity index (χ1) is 14.3. The summed E-state index contributed by atoms with van der Waals surface area (Å²) in [6.07, 6.45) is -4.34. The van der Waals surface area contributed by atoms with Gasteiger partial charge in [0.25, 0.3) is 0 Å². The Kier molecular flexibility index (Phi) is 5.27. The fraction of sp³-hybridized carbons (Fsp3) is 0.364. The summed E-state index contributed by atoms with van der Waals surface area (Å²) in [5, 5.41) is 2.69. The van der Waals surface area contributed by atoms with Crippen molar-refractivity contribution < 1.29 is 27.5 Å². The maximum atomic E-state index is 14.0. The summed E-state index contributed by atoms with van der Waals surface area (Å²) in [5.41, 5.74) is -0.350. The summed E-state index contributed by atoms with van der Waals surface area (Å²) in [5.74, 6) is -1.35. The molecule has 30 heavy (non-hydrogen) atoms. The molecule has 4 rings (SSSR count). The van der Waals surface area contributed by atoms with Crippen molar-refractivity contribution >= 4 is 17.6 Å². The fourth-order valence-corrected chi connectivity index (χ4v) is 4.01. The number of ether oxygens (including phenoxy) is 1. The van der Waals surface area contributed by atoms with Crippen LogP contribution in [0, 0.1) is 5.41 Å². The van der Waals surface area contributed by atoms with E-state index in [9.17, 15) is 22.8 Å². The van der Waals surface area contributed by atoms with E-state index >= 15 is 0 Å². The molecule has 0 spiro atoms. The van der Waals surface area contributed by atoms with Gasteiger partial charge >= 0.3 is 12.1 Å². The number of hydrogen-bond acceptors (Lipinski definition) is 4. The number of esters is 1. The van der Waals surface area contributed by atoms with Gasteiger partial charge in [0.2, 0.25) is 5.91 Å². The molecule has 1 saturated heterocycles. The van der Waals surface area contributed by atoms with Crippen LogP contribution in [0.5, 0.6) is 5.75 Å². The predicted molar refractivity (Wildman–Crippen MR) is 104 cm³/mol. The molecular formula is C22H21F3N2O3. The molecule has 2 aliphatic heterocycles. The second-order valence-electron chi connectivity index (χ2n) is 7.78. The van der Waals surface area contributed by atoms with E-state index in [4.69, 9.17) is 4.74 Å². The van der Waals surface area contributed by atoms with Crippen LogP contribution in [0.4, 0.5) is 18.9 Å². The fourth-order valence-electron chi connectivity index (χ4n) is 4.01. The van der Waals surface area contributed by atoms with Crippen molar-refractivity contribution in [3.63, 3.8) is 0 Å². The maximum Gasteiger partial charge on any atom is 0.406 e. The summed E-state index contributed by atoms with van der Waals surface area (Å²) < 4.78 is 47.3. The average Bonchev–Trinajstić information content (AvgIpc) is 3.14. The zero-order valence-electron chi connectivity index (χ0n) is 16.2. The number of rotatable bonds is 4. The van der Waals surface area contributed by atoms with Crippen LogP contribution in [0.2, 0.25) is 0 Å². The number of carbonyl (C=O) groups is 2. The predicted octanol–water partition coefficient (Wildman–Crippen LogP) is 3.93. The third kappa shape index (κ3) is 3.92. The van der Waals surface area contributed by atoms with Crippen LogP contribution in [0.1, 0.15) is 24.0 Å². The molecule has 0 radical (unpaired) electrons. The number of likely N-dealkylation sites (tertiary alicyclic amines) is 1. The first-order valence-corrected chi connectivity index (χ1v) is 9.75. The molecular weight excluding hydrogens is 397 g/mol. The number of alkyl halides is 3. The van der Waals surface area contributed by atoms with Crippen molar-refractivity contribution in [2.45, 2.75) is 32.0 Å². The highest BCUT2D eigenvalue weighted by atomic mass is 19.4. The first-order valence-electron chi connectivity index (χ1n) is 9.75. The van der Waals surface area contributed by atoms with E-state index in [1.807, 2.05) is 30.3 Å². The Morgan fingerprint density at radius 3 is 2.63 bits per heavy atom. The molecule has 5 nitrogen and oxygen atoms in total. The summed E-state index contributed by atoms with van der Waals surface area (Å²) in [7, 11) is 0. The minimum atomic E-state index is -4.72. The molecule has 0 aliphatic carbocycles. The maximum absolute atomic E-state index is 14.0. The number of benzene rings is 2. The van der Waals surface area contributed by atoms with Crippen LogP contribution in [0.3, 0.4) is 0 Å². The monoisotopic (exact) mass is 418 g/mol. The Morgan fingerprint density at radius 2 is 1.90 bits per heavy atom. The lowest BCUT2D eigenvalue weighted by atomic mass is 9.86. The van der Waals surface area contributed by atoms with Crippen molar-refractivity contribution in [1.82, 2.24) is 4.90 Å². The van der Waals surface area contributed by atoms with Crippen LogP contribution in [-0.2, 0) is 22.6 Å². The Bertz CT molecular complexity index is 962. The normalized spacial score (nSPS) is 21.8. The Morgan fingerprint density at radius 1 is 1.13 bits per heavy atom. The van der Waals surface area contributed by atoms with Crippen molar-refractivity contribution in [3.8, 4) is 5.75 Å². The number of aryl methyl sites for hydroxylation is 1. The third-order valence-corrected chi connectivity index (χ3v) is 5.71. The highest BCUT2D eigenvalue weighted by molar-refractivity contribution is 5.94. The minimum Gasteiger partial charge on any atom is -0.426 e. The van der Waals surface area contributed by atoms with Gasteiger partial charge in [0.1, 0.15) is 5.75 Å². The van der Waals surface area contributed by atoms with E-state index in [0.29, 0.717) is 18.7 Å².